The summed E-state index contributed by atoms with van der Waals surface area (Å²) in [5.74, 6) is -1.73. The summed E-state index contributed by atoms with van der Waals surface area (Å²) >= 11 is 11.9. The fourth-order valence-electron chi connectivity index (χ4n) is 1.49. The number of nitrogens with zero attached hydrogens (tertiary/aromatic N) is 2. The van der Waals surface area contributed by atoms with Gasteiger partial charge in [-0.2, -0.15) is 0 Å². The molecule has 0 bridgehead atoms. The molecule has 1 aromatic heterocycles. The van der Waals surface area contributed by atoms with Crippen molar-refractivity contribution in [3.8, 4) is 11.4 Å². The van der Waals surface area contributed by atoms with Crippen LogP contribution >= 0.6 is 23.2 Å². The van der Waals surface area contributed by atoms with Gasteiger partial charge in [0.05, 0.1) is 0 Å². The van der Waals surface area contributed by atoms with E-state index < -0.39 is 11.6 Å². The lowest BCUT2D eigenvalue weighted by molar-refractivity contribution is 0.509. The van der Waals surface area contributed by atoms with Crippen LogP contribution in [0.1, 0.15) is 12.5 Å². The molecule has 0 aliphatic carbocycles. The van der Waals surface area contributed by atoms with E-state index in [0.717, 1.165) is 12.1 Å². The van der Waals surface area contributed by atoms with Crippen molar-refractivity contribution in [1.82, 2.24) is 9.97 Å². The first-order chi connectivity index (χ1) is 8.52. The van der Waals surface area contributed by atoms with Gasteiger partial charge in [-0.3, -0.25) is 0 Å². The quantitative estimate of drug-likeness (QED) is 0.771. The minimum atomic E-state index is -0.970. The molecule has 0 N–H and O–H groups in total. The molecule has 6 heteroatoms. The fourth-order valence-corrected chi connectivity index (χ4v) is 2.14. The number of aromatic nitrogens is 2. The molecule has 0 saturated carbocycles. The summed E-state index contributed by atoms with van der Waals surface area (Å²) in [7, 11) is 0. The van der Waals surface area contributed by atoms with Crippen LogP contribution in [0, 0.1) is 11.6 Å². The number of benzene rings is 1. The monoisotopic (exact) mass is 288 g/mol. The standard InChI is InChI=1S/C12H8Cl2F2N2/c1-2-7-10(13)17-12(18-11(7)14)6-3-4-8(15)9(16)5-6/h3-5H,2H2,1H3. The summed E-state index contributed by atoms with van der Waals surface area (Å²) in [6.07, 6.45) is 0.593. The van der Waals surface area contributed by atoms with Crippen LogP contribution in [0.4, 0.5) is 8.78 Å². The predicted molar refractivity (Wildman–Crippen MR) is 66.8 cm³/mol. The molecule has 0 saturated heterocycles. The summed E-state index contributed by atoms with van der Waals surface area (Å²) in [4.78, 5) is 8.05. The van der Waals surface area contributed by atoms with Crippen molar-refractivity contribution in [2.75, 3.05) is 0 Å². The van der Waals surface area contributed by atoms with E-state index in [4.69, 9.17) is 23.2 Å². The first kappa shape index (κ1) is 13.2. The Labute approximate surface area is 113 Å². The van der Waals surface area contributed by atoms with E-state index in [2.05, 4.69) is 9.97 Å². The van der Waals surface area contributed by atoms with Crippen molar-refractivity contribution in [3.63, 3.8) is 0 Å². The maximum Gasteiger partial charge on any atom is 0.162 e. The van der Waals surface area contributed by atoms with E-state index in [1.807, 2.05) is 6.92 Å². The van der Waals surface area contributed by atoms with Gasteiger partial charge in [-0.15, -0.1) is 0 Å². The van der Waals surface area contributed by atoms with Gasteiger partial charge in [0.1, 0.15) is 10.3 Å². The molecule has 0 aliphatic heterocycles. The molecule has 0 unspecified atom stereocenters. The third kappa shape index (κ3) is 2.44. The van der Waals surface area contributed by atoms with E-state index in [-0.39, 0.29) is 16.1 Å². The zero-order chi connectivity index (χ0) is 13.3. The van der Waals surface area contributed by atoms with Crippen LogP contribution in [0.15, 0.2) is 18.2 Å². The second-order valence-corrected chi connectivity index (χ2v) is 4.31. The van der Waals surface area contributed by atoms with Crippen LogP contribution in [0.2, 0.25) is 10.3 Å². The highest BCUT2D eigenvalue weighted by Gasteiger charge is 2.12. The zero-order valence-electron chi connectivity index (χ0n) is 9.35. The predicted octanol–water partition coefficient (Wildman–Crippen LogP) is 4.29. The van der Waals surface area contributed by atoms with E-state index in [1.54, 1.807) is 0 Å². The Morgan fingerprint density at radius 1 is 1.06 bits per heavy atom. The maximum atomic E-state index is 13.1. The van der Waals surface area contributed by atoms with Gasteiger partial charge in [-0.25, -0.2) is 18.7 Å². The lowest BCUT2D eigenvalue weighted by Gasteiger charge is -2.06. The van der Waals surface area contributed by atoms with Gasteiger partial charge in [0.15, 0.2) is 17.5 Å². The Hall–Kier alpha value is -1.26. The summed E-state index contributed by atoms with van der Waals surface area (Å²) in [5, 5.41) is 0.439. The number of hydrogen-bond donors (Lipinski definition) is 0. The molecule has 94 valence electrons. The number of rotatable bonds is 2. The van der Waals surface area contributed by atoms with Crippen LogP contribution < -0.4 is 0 Å². The van der Waals surface area contributed by atoms with Crippen molar-refractivity contribution in [2.45, 2.75) is 13.3 Å². The van der Waals surface area contributed by atoms with Gasteiger partial charge in [0, 0.05) is 11.1 Å². The molecule has 2 rings (SSSR count). The van der Waals surface area contributed by atoms with Crippen LogP contribution in [-0.2, 0) is 6.42 Å². The fraction of sp³-hybridized carbons (Fsp3) is 0.167. The van der Waals surface area contributed by atoms with Gasteiger partial charge in [-0.05, 0) is 24.6 Å². The largest absolute Gasteiger partial charge is 0.216 e. The van der Waals surface area contributed by atoms with Crippen molar-refractivity contribution in [1.29, 1.82) is 0 Å². The van der Waals surface area contributed by atoms with Crippen LogP contribution in [0.5, 0.6) is 0 Å². The van der Waals surface area contributed by atoms with Gasteiger partial charge in [0.25, 0.3) is 0 Å². The molecule has 1 aromatic carbocycles. The average Bonchev–Trinajstić information content (AvgIpc) is 2.32. The molecular formula is C12H8Cl2F2N2. The van der Waals surface area contributed by atoms with Crippen LogP contribution in [0.3, 0.4) is 0 Å². The minimum absolute atomic E-state index is 0.168. The van der Waals surface area contributed by atoms with E-state index in [0.29, 0.717) is 17.5 Å². The first-order valence-corrected chi connectivity index (χ1v) is 5.95. The third-order valence-corrected chi connectivity index (χ3v) is 3.06. The zero-order valence-corrected chi connectivity index (χ0v) is 10.9. The Balaban J connectivity index is 2.54. The Bertz CT molecular complexity index is 580. The molecule has 2 aromatic rings. The normalized spacial score (nSPS) is 10.7. The first-order valence-electron chi connectivity index (χ1n) is 5.20. The molecule has 0 atom stereocenters. The Morgan fingerprint density at radius 3 is 2.17 bits per heavy atom. The molecule has 0 radical (unpaired) electrons. The minimum Gasteiger partial charge on any atom is -0.216 e. The number of hydrogen-bond acceptors (Lipinski definition) is 2. The van der Waals surface area contributed by atoms with E-state index in [9.17, 15) is 8.78 Å². The molecule has 18 heavy (non-hydrogen) atoms. The van der Waals surface area contributed by atoms with Gasteiger partial charge in [0.2, 0.25) is 0 Å². The van der Waals surface area contributed by atoms with Crippen molar-refractivity contribution in [3.05, 3.63) is 45.7 Å². The molecule has 1 heterocycles. The molecule has 0 spiro atoms. The lowest BCUT2D eigenvalue weighted by Crippen LogP contribution is -1.97. The highest BCUT2D eigenvalue weighted by molar-refractivity contribution is 6.34. The summed E-state index contributed by atoms with van der Waals surface area (Å²) < 4.78 is 25.9. The molecule has 0 aliphatic rings. The number of halogens is 4. The maximum absolute atomic E-state index is 13.1. The van der Waals surface area contributed by atoms with Gasteiger partial charge in [-0.1, -0.05) is 30.1 Å². The topological polar surface area (TPSA) is 25.8 Å². The Kier molecular flexibility index (Phi) is 3.78. The van der Waals surface area contributed by atoms with Gasteiger partial charge >= 0.3 is 0 Å². The van der Waals surface area contributed by atoms with E-state index >= 15 is 0 Å². The van der Waals surface area contributed by atoms with Crippen LogP contribution in [-0.4, -0.2) is 9.97 Å². The second-order valence-electron chi connectivity index (χ2n) is 3.59. The highest BCUT2D eigenvalue weighted by Crippen LogP contribution is 2.26. The van der Waals surface area contributed by atoms with Crippen molar-refractivity contribution in [2.24, 2.45) is 0 Å². The SMILES string of the molecule is CCc1c(Cl)nc(-c2ccc(F)c(F)c2)nc1Cl. The lowest BCUT2D eigenvalue weighted by atomic mass is 10.2. The van der Waals surface area contributed by atoms with Crippen molar-refractivity contribution < 1.29 is 8.78 Å². The average molecular weight is 289 g/mol. The molecule has 2 nitrogen and oxygen atoms in total. The molecular weight excluding hydrogens is 281 g/mol. The smallest absolute Gasteiger partial charge is 0.162 e. The molecule has 0 amide bonds. The molecule has 0 fully saturated rings. The van der Waals surface area contributed by atoms with E-state index in [1.165, 1.54) is 6.07 Å². The third-order valence-electron chi connectivity index (χ3n) is 2.44. The van der Waals surface area contributed by atoms with Crippen molar-refractivity contribution >= 4 is 23.2 Å². The summed E-state index contributed by atoms with van der Waals surface area (Å²) in [5.41, 5.74) is 0.949. The van der Waals surface area contributed by atoms with Crippen LogP contribution in [0.25, 0.3) is 11.4 Å². The van der Waals surface area contributed by atoms with Gasteiger partial charge < -0.3 is 0 Å². The summed E-state index contributed by atoms with van der Waals surface area (Å²) in [6.45, 7) is 1.87. The highest BCUT2D eigenvalue weighted by atomic mass is 35.5. The Morgan fingerprint density at radius 2 is 1.67 bits per heavy atom. The summed E-state index contributed by atoms with van der Waals surface area (Å²) in [6, 6.07) is 3.37. The second kappa shape index (κ2) is 5.16.